The Bertz CT molecular complexity index is 1820. The molecule has 0 radical (unpaired) electrons. The van der Waals surface area contributed by atoms with E-state index in [1.807, 2.05) is 0 Å². The first-order chi connectivity index (χ1) is 43.7. The van der Waals surface area contributed by atoms with Crippen LogP contribution in [0.1, 0.15) is 349 Å². The van der Waals surface area contributed by atoms with Gasteiger partial charge in [-0.25, -0.2) is 9.13 Å². The first-order valence-corrected chi connectivity index (χ1v) is 39.6. The Balaban J connectivity index is 5.29. The molecule has 0 aliphatic rings. The van der Waals surface area contributed by atoms with Crippen molar-refractivity contribution in [2.75, 3.05) is 39.6 Å². The summed E-state index contributed by atoms with van der Waals surface area (Å²) < 4.78 is 68.3. The number of aliphatic hydroxyl groups is 1. The number of rotatable bonds is 70. The molecule has 0 aliphatic carbocycles. The van der Waals surface area contributed by atoms with Crippen molar-refractivity contribution < 1.29 is 80.2 Å². The number of carbonyl (C=O) groups excluding carboxylic acids is 4. The molecule has 0 aliphatic heterocycles. The summed E-state index contributed by atoms with van der Waals surface area (Å²) in [5.41, 5.74) is 0. The van der Waals surface area contributed by atoms with Crippen LogP contribution >= 0.6 is 15.6 Å². The van der Waals surface area contributed by atoms with Gasteiger partial charge in [-0.15, -0.1) is 0 Å². The number of ether oxygens (including phenoxy) is 4. The van der Waals surface area contributed by atoms with E-state index in [9.17, 15) is 43.2 Å². The maximum absolute atomic E-state index is 13.0. The predicted octanol–water partition coefficient (Wildman–Crippen LogP) is 20.2. The molecule has 2 unspecified atom stereocenters. The fourth-order valence-corrected chi connectivity index (χ4v) is 11.9. The van der Waals surface area contributed by atoms with Crippen molar-refractivity contribution >= 4 is 39.5 Å². The fourth-order valence-electron chi connectivity index (χ4n) is 10.3. The van der Waals surface area contributed by atoms with Gasteiger partial charge in [0.25, 0.3) is 0 Å². The molecule has 0 saturated heterocycles. The first kappa shape index (κ1) is 87.5. The Hall–Kier alpha value is -2.46. The summed E-state index contributed by atoms with van der Waals surface area (Å²) in [5.74, 6) is -2.15. The van der Waals surface area contributed by atoms with Gasteiger partial charge in [0.05, 0.1) is 26.4 Å². The fraction of sp³-hybridized carbons (Fsp3) is 0.887. The Morgan fingerprint density at radius 2 is 0.533 bits per heavy atom. The molecule has 0 rings (SSSR count). The lowest BCUT2D eigenvalue weighted by atomic mass is 10.0. The highest BCUT2D eigenvalue weighted by Gasteiger charge is 2.30. The van der Waals surface area contributed by atoms with Gasteiger partial charge in [0.2, 0.25) is 0 Å². The molecule has 0 heterocycles. The predicted molar refractivity (Wildman–Crippen MR) is 363 cm³/mol. The third-order valence-corrected chi connectivity index (χ3v) is 17.9. The SMILES string of the molecule is CCCCCC/C=C\C=C/CCCCCCCC(=O)O[C@H](COC(=O)CCCCCCCCCCCCCC)COP(=O)(O)OC[C@@H](O)COP(=O)(O)OC[C@@H](COC(=O)CCCCCCCCCCCCC)OC(=O)CCCCCCCCCCCCCC. The number of unbranched alkanes of at least 4 members (excludes halogenated alkanes) is 41. The minimum Gasteiger partial charge on any atom is -0.462 e. The molecule has 19 heteroatoms. The van der Waals surface area contributed by atoms with E-state index >= 15 is 0 Å². The number of phosphoric ester groups is 2. The van der Waals surface area contributed by atoms with Crippen molar-refractivity contribution in [3.05, 3.63) is 24.3 Å². The normalized spacial score (nSPS) is 14.2. The maximum atomic E-state index is 13.0. The van der Waals surface area contributed by atoms with Crippen molar-refractivity contribution in [3.8, 4) is 0 Å². The van der Waals surface area contributed by atoms with Crippen LogP contribution in [0.2, 0.25) is 0 Å². The van der Waals surface area contributed by atoms with Crippen molar-refractivity contribution in [3.63, 3.8) is 0 Å². The zero-order valence-electron chi connectivity index (χ0n) is 57.6. The lowest BCUT2D eigenvalue weighted by molar-refractivity contribution is -0.161. The number of aliphatic hydroxyl groups excluding tert-OH is 1. The number of hydrogen-bond donors (Lipinski definition) is 3. The second kappa shape index (κ2) is 65.2. The molecule has 0 aromatic heterocycles. The van der Waals surface area contributed by atoms with E-state index in [1.165, 1.54) is 167 Å². The van der Waals surface area contributed by atoms with Crippen LogP contribution in [0.4, 0.5) is 0 Å². The molecule has 5 atom stereocenters. The average molecular weight is 1320 g/mol. The van der Waals surface area contributed by atoms with Crippen LogP contribution in [0.5, 0.6) is 0 Å². The molecule has 0 saturated carbocycles. The summed E-state index contributed by atoms with van der Waals surface area (Å²) in [4.78, 5) is 72.5. The topological polar surface area (TPSA) is 237 Å². The second-order valence-electron chi connectivity index (χ2n) is 24.9. The molecule has 0 bridgehead atoms. The quantitative estimate of drug-likeness (QED) is 0.0169. The lowest BCUT2D eigenvalue weighted by Crippen LogP contribution is -2.30. The molecular formula is C71H134O17P2. The van der Waals surface area contributed by atoms with Crippen LogP contribution in [0.15, 0.2) is 24.3 Å². The van der Waals surface area contributed by atoms with Crippen LogP contribution in [0.25, 0.3) is 0 Å². The van der Waals surface area contributed by atoms with E-state index in [0.717, 1.165) is 103 Å². The molecule has 0 amide bonds. The van der Waals surface area contributed by atoms with Gasteiger partial charge in [-0.05, 0) is 51.4 Å². The Morgan fingerprint density at radius 1 is 0.311 bits per heavy atom. The highest BCUT2D eigenvalue weighted by molar-refractivity contribution is 7.47. The molecule has 0 aromatic rings. The monoisotopic (exact) mass is 1320 g/mol. The summed E-state index contributed by atoms with van der Waals surface area (Å²) in [5, 5.41) is 10.6. The summed E-state index contributed by atoms with van der Waals surface area (Å²) in [6, 6.07) is 0. The zero-order valence-corrected chi connectivity index (χ0v) is 59.4. The molecule has 0 fully saturated rings. The number of phosphoric acid groups is 2. The number of esters is 4. The van der Waals surface area contributed by atoms with Gasteiger partial charge < -0.3 is 33.8 Å². The van der Waals surface area contributed by atoms with Crippen LogP contribution in [-0.2, 0) is 65.4 Å². The van der Waals surface area contributed by atoms with E-state index in [2.05, 4.69) is 52.0 Å². The van der Waals surface area contributed by atoms with E-state index in [1.54, 1.807) is 0 Å². The van der Waals surface area contributed by atoms with Gasteiger partial charge in [0.1, 0.15) is 19.3 Å². The molecule has 90 heavy (non-hydrogen) atoms. The van der Waals surface area contributed by atoms with Gasteiger partial charge in [-0.2, -0.15) is 0 Å². The number of carbonyl (C=O) groups is 4. The van der Waals surface area contributed by atoms with Gasteiger partial charge in [0, 0.05) is 25.7 Å². The average Bonchev–Trinajstić information content (AvgIpc) is 3.28. The first-order valence-electron chi connectivity index (χ1n) is 36.6. The van der Waals surface area contributed by atoms with E-state index < -0.39 is 97.5 Å². The van der Waals surface area contributed by atoms with Gasteiger partial charge in [-0.3, -0.25) is 37.3 Å². The van der Waals surface area contributed by atoms with Crippen LogP contribution in [-0.4, -0.2) is 96.7 Å². The molecule has 17 nitrogen and oxygen atoms in total. The molecular weight excluding hydrogens is 1190 g/mol. The summed E-state index contributed by atoms with van der Waals surface area (Å²) >= 11 is 0. The Morgan fingerprint density at radius 3 is 0.811 bits per heavy atom. The van der Waals surface area contributed by atoms with Gasteiger partial charge in [-0.1, -0.05) is 296 Å². The van der Waals surface area contributed by atoms with E-state index in [0.29, 0.717) is 25.7 Å². The van der Waals surface area contributed by atoms with E-state index in [-0.39, 0.29) is 25.7 Å². The lowest BCUT2D eigenvalue weighted by Gasteiger charge is -2.21. The van der Waals surface area contributed by atoms with Crippen molar-refractivity contribution in [1.82, 2.24) is 0 Å². The second-order valence-corrected chi connectivity index (χ2v) is 27.8. The zero-order chi connectivity index (χ0) is 66.1. The molecule has 0 aromatic carbocycles. The number of hydrogen-bond acceptors (Lipinski definition) is 15. The standard InChI is InChI=1S/C71H134O17P2/c1-5-9-13-17-21-25-29-32-33-34-38-42-46-50-54-58-71(76)88-67(62-82-69(74)56-52-48-44-40-36-30-26-22-18-14-10-6-2)64-86-90(79,80)84-60-65(72)59-83-89(77,78)85-63-66(61-81-68(73)55-51-47-43-39-35-28-24-20-16-12-8-4)87-70(75)57-53-49-45-41-37-31-27-23-19-15-11-7-3/h25,29,32-33,65-67,72H,5-24,26-28,30-31,34-64H2,1-4H3,(H,77,78)(H,79,80)/b29-25-,33-32-/t65-,66+,67+/m0/s1. The Kier molecular flexibility index (Phi) is 63.4. The van der Waals surface area contributed by atoms with Gasteiger partial charge >= 0.3 is 39.5 Å². The van der Waals surface area contributed by atoms with Crippen LogP contribution < -0.4 is 0 Å². The Labute approximate surface area is 548 Å². The molecule has 0 spiro atoms. The summed E-state index contributed by atoms with van der Waals surface area (Å²) in [6.45, 7) is 4.88. The van der Waals surface area contributed by atoms with E-state index in [4.69, 9.17) is 37.0 Å². The third kappa shape index (κ3) is 64.3. The van der Waals surface area contributed by atoms with Crippen LogP contribution in [0.3, 0.4) is 0 Å². The third-order valence-electron chi connectivity index (χ3n) is 16.0. The smallest absolute Gasteiger partial charge is 0.462 e. The largest absolute Gasteiger partial charge is 0.472 e. The molecule has 3 N–H and O–H groups in total. The summed E-state index contributed by atoms with van der Waals surface area (Å²) in [7, 11) is -9.91. The maximum Gasteiger partial charge on any atom is 0.472 e. The molecule has 530 valence electrons. The highest BCUT2D eigenvalue weighted by Crippen LogP contribution is 2.45. The summed E-state index contributed by atoms with van der Waals surface area (Å²) in [6.07, 6.45) is 56.1. The van der Waals surface area contributed by atoms with Crippen molar-refractivity contribution in [2.45, 2.75) is 367 Å². The van der Waals surface area contributed by atoms with Crippen LogP contribution in [0, 0.1) is 0 Å². The van der Waals surface area contributed by atoms with Crippen molar-refractivity contribution in [1.29, 1.82) is 0 Å². The highest BCUT2D eigenvalue weighted by atomic mass is 31.2. The number of allylic oxidation sites excluding steroid dienone is 4. The minimum atomic E-state index is -4.96. The van der Waals surface area contributed by atoms with Gasteiger partial charge in [0.15, 0.2) is 12.2 Å². The van der Waals surface area contributed by atoms with Crippen molar-refractivity contribution in [2.24, 2.45) is 0 Å². The minimum absolute atomic E-state index is 0.0857.